The van der Waals surface area contributed by atoms with Crippen LogP contribution in [0.25, 0.3) is 39.5 Å². The van der Waals surface area contributed by atoms with Gasteiger partial charge in [-0.1, -0.05) is 25.3 Å². The lowest BCUT2D eigenvalue weighted by atomic mass is 9.81. The molecule has 13 heteroatoms. The number of fused-ring (bicyclic) bond motifs is 5. The van der Waals surface area contributed by atoms with E-state index >= 15 is 0 Å². The molecule has 2 atom stereocenters. The first-order chi connectivity index (χ1) is 27.8. The molecular formula is C45H53N7O5S. The van der Waals surface area contributed by atoms with Crippen LogP contribution in [0.4, 0.5) is 0 Å². The molecule has 5 heterocycles. The number of aryl methyl sites for hydroxylation is 1. The van der Waals surface area contributed by atoms with E-state index in [1.807, 2.05) is 46.8 Å². The summed E-state index contributed by atoms with van der Waals surface area (Å²) in [7, 11) is -0.0988. The van der Waals surface area contributed by atoms with E-state index in [4.69, 9.17) is 9.84 Å². The van der Waals surface area contributed by atoms with Crippen LogP contribution in [0.5, 0.6) is 5.75 Å². The molecule has 0 radical (unpaired) electrons. The third-order valence-electron chi connectivity index (χ3n) is 12.6. The van der Waals surface area contributed by atoms with Gasteiger partial charge in [-0.15, -0.1) is 0 Å². The van der Waals surface area contributed by atoms with Crippen molar-refractivity contribution in [2.75, 3.05) is 27.2 Å². The van der Waals surface area contributed by atoms with E-state index < -0.39 is 21.2 Å². The van der Waals surface area contributed by atoms with Crippen LogP contribution in [0, 0.1) is 6.92 Å². The van der Waals surface area contributed by atoms with E-state index in [0.717, 1.165) is 70.2 Å². The molecule has 58 heavy (non-hydrogen) atoms. The van der Waals surface area contributed by atoms with E-state index in [0.29, 0.717) is 36.6 Å². The van der Waals surface area contributed by atoms with Crippen LogP contribution in [0.3, 0.4) is 0 Å². The smallest absolute Gasteiger partial charge is 0.264 e. The molecule has 0 bridgehead atoms. The molecule has 2 aromatic carbocycles. The van der Waals surface area contributed by atoms with E-state index in [-0.39, 0.29) is 29.5 Å². The number of amides is 2. The Hall–Kier alpha value is -5.27. The molecule has 1 aliphatic carbocycles. The first kappa shape index (κ1) is 39.6. The van der Waals surface area contributed by atoms with Gasteiger partial charge in [-0.3, -0.25) is 19.5 Å². The molecule has 1 saturated heterocycles. The van der Waals surface area contributed by atoms with Gasteiger partial charge in [0.05, 0.1) is 47.7 Å². The number of allylic oxidation sites excluding steroid dienone is 1. The first-order valence-electron chi connectivity index (χ1n) is 20.4. The van der Waals surface area contributed by atoms with Crippen molar-refractivity contribution in [1.82, 2.24) is 33.9 Å². The Kier molecular flexibility index (Phi) is 10.6. The summed E-state index contributed by atoms with van der Waals surface area (Å²) in [5, 5.41) is 5.20. The normalized spacial score (nSPS) is 19.1. The number of likely N-dealkylation sites (N-methyl/N-ethyl adjacent to an activating group) is 1. The Morgan fingerprint density at radius 2 is 1.69 bits per heavy atom. The largest absolute Gasteiger partial charge is 0.497 e. The second-order valence-electron chi connectivity index (χ2n) is 16.6. The number of pyridine rings is 1. The van der Waals surface area contributed by atoms with Crippen molar-refractivity contribution in [2.24, 2.45) is 0 Å². The van der Waals surface area contributed by atoms with Crippen LogP contribution >= 0.6 is 0 Å². The van der Waals surface area contributed by atoms with E-state index in [1.54, 1.807) is 45.6 Å². The molecule has 1 N–H and O–H groups in total. The maximum absolute atomic E-state index is 14.9. The molecular weight excluding hydrogens is 751 g/mol. The molecule has 12 nitrogen and oxygen atoms in total. The summed E-state index contributed by atoms with van der Waals surface area (Å²) in [5.74, 6) is 0.239. The van der Waals surface area contributed by atoms with Crippen molar-refractivity contribution >= 4 is 44.4 Å². The van der Waals surface area contributed by atoms with Gasteiger partial charge in [0.25, 0.3) is 11.8 Å². The molecule has 2 aliphatic heterocycles. The summed E-state index contributed by atoms with van der Waals surface area (Å²) in [6.45, 7) is 10.9. The van der Waals surface area contributed by atoms with Crippen molar-refractivity contribution in [3.05, 3.63) is 94.6 Å². The predicted octanol–water partition coefficient (Wildman–Crippen LogP) is 7.44. The summed E-state index contributed by atoms with van der Waals surface area (Å²) < 4.78 is 37.9. The van der Waals surface area contributed by atoms with Gasteiger partial charge >= 0.3 is 0 Å². The fourth-order valence-electron chi connectivity index (χ4n) is 9.07. The summed E-state index contributed by atoms with van der Waals surface area (Å²) >= 11 is 0. The Morgan fingerprint density at radius 3 is 2.38 bits per heavy atom. The number of methoxy groups -OCH3 is 1. The average molecular weight is 804 g/mol. The topological polar surface area (TPSA) is 132 Å². The van der Waals surface area contributed by atoms with Gasteiger partial charge < -0.3 is 14.2 Å². The highest BCUT2D eigenvalue weighted by Crippen LogP contribution is 2.48. The van der Waals surface area contributed by atoms with Gasteiger partial charge in [0.1, 0.15) is 5.75 Å². The zero-order valence-corrected chi connectivity index (χ0v) is 35.3. The maximum Gasteiger partial charge on any atom is 0.264 e. The lowest BCUT2D eigenvalue weighted by Crippen LogP contribution is -2.56. The van der Waals surface area contributed by atoms with Gasteiger partial charge in [0.15, 0.2) is 0 Å². The average Bonchev–Trinajstić information content (AvgIpc) is 3.73. The molecule has 0 unspecified atom stereocenters. The number of aromatic nitrogens is 4. The monoisotopic (exact) mass is 803 g/mol. The second-order valence-corrected chi connectivity index (χ2v) is 18.9. The number of hydrogen-bond donors (Lipinski definition) is 1. The van der Waals surface area contributed by atoms with Gasteiger partial charge in [-0.2, -0.15) is 5.10 Å². The Balaban J connectivity index is 1.38. The minimum absolute atomic E-state index is 0.0819. The summed E-state index contributed by atoms with van der Waals surface area (Å²) in [4.78, 5) is 37.1. The van der Waals surface area contributed by atoms with E-state index in [1.165, 1.54) is 12.0 Å². The summed E-state index contributed by atoms with van der Waals surface area (Å²) in [6.07, 6.45) is 12.9. The van der Waals surface area contributed by atoms with Crippen molar-refractivity contribution < 1.29 is 22.7 Å². The molecule has 2 fully saturated rings. The maximum atomic E-state index is 14.9. The SMILES string of the molecule is COc1ccc2c(c1)C=C(c1c(C(=O)N3C[C@@H](C)N(C)[C@@H](C)C3)cnn1-c1ccncc1C)Cn1c-2c(C2CCCCC2)c2ccc(C(=O)NS(=O)(=O)C(C)C)cc21. The molecule has 3 aliphatic rings. The number of ether oxygens (including phenoxy) is 1. The van der Waals surface area contributed by atoms with Gasteiger partial charge in [0.2, 0.25) is 10.0 Å². The standard InChI is InChI=1S/C45H53N7O5S/c1-27(2)58(55,56)48-44(53)32-13-15-37-40(21-32)51-26-34(19-33-20-35(57-7)14-16-36(33)43(51)41(37)31-11-9-8-10-12-31)42-38(23-47-52(42)39-17-18-46-22-28(39)3)45(54)50-24-29(4)49(6)30(5)25-50/h13-23,27,29-31H,8-12,24-26H2,1-7H3,(H,48,53)/t29-,30+. The van der Waals surface area contributed by atoms with Crippen molar-refractivity contribution in [3.63, 3.8) is 0 Å². The Labute approximate surface area is 340 Å². The lowest BCUT2D eigenvalue weighted by Gasteiger charge is -2.42. The molecule has 8 rings (SSSR count). The number of carbonyl (C=O) groups excluding carboxylic acids is 2. The number of hydrogen-bond acceptors (Lipinski definition) is 8. The number of sulfonamides is 1. The third kappa shape index (κ3) is 7.02. The van der Waals surface area contributed by atoms with E-state index in [2.05, 4.69) is 52.2 Å². The Morgan fingerprint density at radius 1 is 0.948 bits per heavy atom. The number of rotatable bonds is 8. The summed E-state index contributed by atoms with van der Waals surface area (Å²) in [5.41, 5.74) is 9.06. The minimum atomic E-state index is -3.87. The first-order valence-corrected chi connectivity index (χ1v) is 21.9. The number of piperazine rings is 1. The summed E-state index contributed by atoms with van der Waals surface area (Å²) in [6, 6.07) is 14.0. The predicted molar refractivity (Wildman–Crippen MR) is 228 cm³/mol. The highest BCUT2D eigenvalue weighted by molar-refractivity contribution is 7.90. The lowest BCUT2D eigenvalue weighted by molar-refractivity contribution is 0.0414. The van der Waals surface area contributed by atoms with Crippen LogP contribution < -0.4 is 9.46 Å². The fraction of sp³-hybridized carbons (Fsp3) is 0.422. The molecule has 0 spiro atoms. The van der Waals surface area contributed by atoms with Crippen molar-refractivity contribution in [1.29, 1.82) is 0 Å². The van der Waals surface area contributed by atoms with Gasteiger partial charge in [-0.05, 0) is 125 Å². The Bertz CT molecular complexity index is 2550. The van der Waals surface area contributed by atoms with Crippen molar-refractivity contribution in [2.45, 2.75) is 96.5 Å². The number of nitrogens with zero attached hydrogens (tertiary/aromatic N) is 6. The zero-order valence-electron chi connectivity index (χ0n) is 34.4. The van der Waals surface area contributed by atoms with Crippen LogP contribution in [0.1, 0.15) is 109 Å². The molecule has 304 valence electrons. The minimum Gasteiger partial charge on any atom is -0.497 e. The highest BCUT2D eigenvalue weighted by atomic mass is 32.2. The van der Waals surface area contributed by atoms with Crippen LogP contribution in [0.15, 0.2) is 61.1 Å². The molecule has 3 aromatic heterocycles. The second kappa shape index (κ2) is 15.5. The van der Waals surface area contributed by atoms with E-state index in [9.17, 15) is 18.0 Å². The zero-order chi connectivity index (χ0) is 41.0. The molecule has 2 amide bonds. The quantitative estimate of drug-likeness (QED) is 0.171. The van der Waals surface area contributed by atoms with Gasteiger partial charge in [0, 0.05) is 59.6 Å². The van der Waals surface area contributed by atoms with Crippen LogP contribution in [-0.2, 0) is 16.6 Å². The fourth-order valence-corrected chi connectivity index (χ4v) is 9.69. The van der Waals surface area contributed by atoms with Crippen molar-refractivity contribution in [3.8, 4) is 22.7 Å². The number of carbonyl (C=O) groups is 2. The van der Waals surface area contributed by atoms with Gasteiger partial charge in [-0.25, -0.2) is 17.8 Å². The van der Waals surface area contributed by atoms with Crippen LogP contribution in [0.2, 0.25) is 0 Å². The highest BCUT2D eigenvalue weighted by Gasteiger charge is 2.35. The van der Waals surface area contributed by atoms with Crippen LogP contribution in [-0.4, -0.2) is 93.9 Å². The molecule has 1 saturated carbocycles. The third-order valence-corrected chi connectivity index (χ3v) is 14.3. The number of nitrogens with one attached hydrogen (secondary N) is 1. The molecule has 5 aromatic rings. The number of benzene rings is 2.